The van der Waals surface area contributed by atoms with Gasteiger partial charge in [-0.3, -0.25) is 4.79 Å². The van der Waals surface area contributed by atoms with Crippen molar-refractivity contribution in [1.82, 2.24) is 5.32 Å². The zero-order chi connectivity index (χ0) is 12.6. The molecule has 1 fully saturated rings. The normalized spacial score (nSPS) is 23.1. The van der Waals surface area contributed by atoms with E-state index in [1.165, 1.54) is 0 Å². The van der Waals surface area contributed by atoms with Crippen molar-refractivity contribution < 1.29 is 18.7 Å². The molecule has 1 aromatic rings. The van der Waals surface area contributed by atoms with Gasteiger partial charge in [-0.1, -0.05) is 11.6 Å². The first-order chi connectivity index (χ1) is 7.97. The molecule has 1 amide bonds. The lowest BCUT2D eigenvalue weighted by atomic mass is 9.89. The van der Waals surface area contributed by atoms with Crippen LogP contribution >= 0.6 is 11.6 Å². The molecule has 1 aliphatic rings. The molecule has 0 aliphatic heterocycles. The van der Waals surface area contributed by atoms with Crippen LogP contribution in [0.4, 0.5) is 8.78 Å². The Morgan fingerprint density at radius 1 is 1.35 bits per heavy atom. The number of hydrogen-bond donors (Lipinski definition) is 2. The molecular formula is C11H10ClF2NO2. The van der Waals surface area contributed by atoms with Gasteiger partial charge in [-0.15, -0.1) is 0 Å². The summed E-state index contributed by atoms with van der Waals surface area (Å²) in [5.41, 5.74) is -0.105. The van der Waals surface area contributed by atoms with Crippen LogP contribution in [0.1, 0.15) is 23.2 Å². The van der Waals surface area contributed by atoms with Gasteiger partial charge in [0.25, 0.3) is 5.91 Å². The highest BCUT2D eigenvalue weighted by Crippen LogP contribution is 2.23. The second-order valence-electron chi connectivity index (χ2n) is 4.04. The molecule has 3 nitrogen and oxygen atoms in total. The highest BCUT2D eigenvalue weighted by Gasteiger charge is 2.29. The van der Waals surface area contributed by atoms with Crippen LogP contribution in [-0.4, -0.2) is 23.2 Å². The molecule has 0 spiro atoms. The Bertz CT molecular complexity index is 461. The number of carbonyl (C=O) groups is 1. The number of aliphatic hydroxyl groups excluding tert-OH is 1. The molecule has 2 N–H and O–H groups in total. The molecule has 0 atom stereocenters. The smallest absolute Gasteiger partial charge is 0.253 e. The topological polar surface area (TPSA) is 49.3 Å². The van der Waals surface area contributed by atoms with Crippen molar-refractivity contribution in [2.75, 3.05) is 0 Å². The summed E-state index contributed by atoms with van der Waals surface area (Å²) in [5, 5.41) is 11.5. The van der Waals surface area contributed by atoms with Gasteiger partial charge in [-0.2, -0.15) is 0 Å². The van der Waals surface area contributed by atoms with Crippen molar-refractivity contribution in [3.63, 3.8) is 0 Å². The van der Waals surface area contributed by atoms with Crippen molar-refractivity contribution >= 4 is 17.5 Å². The highest BCUT2D eigenvalue weighted by molar-refractivity contribution is 6.33. The van der Waals surface area contributed by atoms with Crippen LogP contribution in [-0.2, 0) is 0 Å². The van der Waals surface area contributed by atoms with Crippen LogP contribution < -0.4 is 5.32 Å². The lowest BCUT2D eigenvalue weighted by Gasteiger charge is -2.32. The maximum atomic E-state index is 13.0. The van der Waals surface area contributed by atoms with Crippen LogP contribution in [0.2, 0.25) is 5.02 Å². The average molecular weight is 262 g/mol. The molecule has 1 aromatic carbocycles. The molecule has 1 saturated carbocycles. The van der Waals surface area contributed by atoms with E-state index in [2.05, 4.69) is 5.32 Å². The second-order valence-corrected chi connectivity index (χ2v) is 4.45. The van der Waals surface area contributed by atoms with E-state index in [4.69, 9.17) is 16.7 Å². The van der Waals surface area contributed by atoms with Gasteiger partial charge in [0, 0.05) is 6.04 Å². The van der Waals surface area contributed by atoms with Crippen LogP contribution in [0.3, 0.4) is 0 Å². The summed E-state index contributed by atoms with van der Waals surface area (Å²) in [7, 11) is 0. The predicted octanol–water partition coefficient (Wildman–Crippen LogP) is 1.87. The summed E-state index contributed by atoms with van der Waals surface area (Å²) < 4.78 is 25.8. The van der Waals surface area contributed by atoms with Crippen LogP contribution in [0.25, 0.3) is 0 Å². The number of halogens is 3. The van der Waals surface area contributed by atoms with Crippen molar-refractivity contribution in [3.8, 4) is 0 Å². The lowest BCUT2D eigenvalue weighted by molar-refractivity contribution is 0.0562. The fourth-order valence-corrected chi connectivity index (χ4v) is 1.90. The third-order valence-electron chi connectivity index (χ3n) is 2.70. The van der Waals surface area contributed by atoms with Crippen molar-refractivity contribution in [3.05, 3.63) is 34.4 Å². The van der Waals surface area contributed by atoms with E-state index in [1.807, 2.05) is 0 Å². The Hall–Kier alpha value is -1.20. The van der Waals surface area contributed by atoms with Gasteiger partial charge in [0.1, 0.15) is 0 Å². The van der Waals surface area contributed by atoms with Crippen molar-refractivity contribution in [2.24, 2.45) is 0 Å². The number of carbonyl (C=O) groups excluding carboxylic acids is 1. The first-order valence-electron chi connectivity index (χ1n) is 5.11. The van der Waals surface area contributed by atoms with Crippen molar-refractivity contribution in [2.45, 2.75) is 25.0 Å². The minimum Gasteiger partial charge on any atom is -0.393 e. The van der Waals surface area contributed by atoms with Gasteiger partial charge in [0.2, 0.25) is 0 Å². The van der Waals surface area contributed by atoms with Gasteiger partial charge in [0.05, 0.1) is 16.7 Å². The van der Waals surface area contributed by atoms with E-state index in [1.54, 1.807) is 0 Å². The molecule has 0 heterocycles. The standard InChI is InChI=1S/C11H10ClF2NO2/c12-8-4-10(14)9(13)3-7(8)11(17)15-5-1-6(16)2-5/h3-6,16H,1-2H2,(H,15,17). The molecule has 0 unspecified atom stereocenters. The molecule has 0 saturated heterocycles. The maximum absolute atomic E-state index is 13.0. The van der Waals surface area contributed by atoms with Gasteiger partial charge in [0.15, 0.2) is 11.6 Å². The number of amides is 1. The molecule has 2 rings (SSSR count). The van der Waals surface area contributed by atoms with Gasteiger partial charge < -0.3 is 10.4 Å². The fraction of sp³-hybridized carbons (Fsp3) is 0.364. The molecule has 0 radical (unpaired) electrons. The summed E-state index contributed by atoms with van der Waals surface area (Å²) in [4.78, 5) is 11.7. The van der Waals surface area contributed by atoms with Crippen molar-refractivity contribution in [1.29, 1.82) is 0 Å². The zero-order valence-corrected chi connectivity index (χ0v) is 9.47. The van der Waals surface area contributed by atoms with Crippen LogP contribution in [0.5, 0.6) is 0 Å². The molecule has 0 bridgehead atoms. The zero-order valence-electron chi connectivity index (χ0n) is 8.71. The van der Waals surface area contributed by atoms with E-state index in [0.717, 1.165) is 12.1 Å². The number of rotatable bonds is 2. The first kappa shape index (κ1) is 12.3. The predicted molar refractivity (Wildman–Crippen MR) is 57.9 cm³/mol. The SMILES string of the molecule is O=C(NC1CC(O)C1)c1cc(F)c(F)cc1Cl. The molecular weight excluding hydrogens is 252 g/mol. The summed E-state index contributed by atoms with van der Waals surface area (Å²) in [5.74, 6) is -2.77. The van der Waals surface area contributed by atoms with E-state index in [9.17, 15) is 13.6 Å². The Kier molecular flexibility index (Phi) is 3.31. The quantitative estimate of drug-likeness (QED) is 0.799. The van der Waals surface area contributed by atoms with E-state index < -0.39 is 23.6 Å². The van der Waals surface area contributed by atoms with Gasteiger partial charge in [-0.05, 0) is 25.0 Å². The minimum absolute atomic E-state index is 0.105. The monoisotopic (exact) mass is 261 g/mol. The highest BCUT2D eigenvalue weighted by atomic mass is 35.5. The number of benzene rings is 1. The van der Waals surface area contributed by atoms with E-state index in [-0.39, 0.29) is 16.6 Å². The molecule has 1 aliphatic carbocycles. The third kappa shape index (κ3) is 2.56. The second kappa shape index (κ2) is 4.58. The van der Waals surface area contributed by atoms with Gasteiger partial charge >= 0.3 is 0 Å². The summed E-state index contributed by atoms with van der Waals surface area (Å²) >= 11 is 5.65. The first-order valence-corrected chi connectivity index (χ1v) is 5.48. The minimum atomic E-state index is -1.12. The molecule has 17 heavy (non-hydrogen) atoms. The summed E-state index contributed by atoms with van der Waals surface area (Å²) in [6.45, 7) is 0. The molecule has 92 valence electrons. The maximum Gasteiger partial charge on any atom is 0.253 e. The molecule has 0 aromatic heterocycles. The number of aliphatic hydroxyl groups is 1. The Balaban J connectivity index is 2.11. The molecule has 6 heteroatoms. The Morgan fingerprint density at radius 2 is 1.94 bits per heavy atom. The number of hydrogen-bond acceptors (Lipinski definition) is 2. The van der Waals surface area contributed by atoms with E-state index >= 15 is 0 Å². The summed E-state index contributed by atoms with van der Waals surface area (Å²) in [6.07, 6.45) is 0.529. The van der Waals surface area contributed by atoms with E-state index in [0.29, 0.717) is 12.8 Å². The van der Waals surface area contributed by atoms with Crippen LogP contribution in [0.15, 0.2) is 12.1 Å². The number of nitrogens with one attached hydrogen (secondary N) is 1. The summed E-state index contributed by atoms with van der Waals surface area (Å²) in [6, 6.07) is 1.39. The Morgan fingerprint density at radius 3 is 2.53 bits per heavy atom. The fourth-order valence-electron chi connectivity index (χ4n) is 1.67. The van der Waals surface area contributed by atoms with Gasteiger partial charge in [-0.25, -0.2) is 8.78 Å². The average Bonchev–Trinajstić information content (AvgIpc) is 2.21. The lowest BCUT2D eigenvalue weighted by Crippen LogP contribution is -2.46. The third-order valence-corrected chi connectivity index (χ3v) is 3.02. The largest absolute Gasteiger partial charge is 0.393 e. The Labute approximate surface area is 101 Å². The van der Waals surface area contributed by atoms with Crippen LogP contribution in [0, 0.1) is 11.6 Å².